The molecule has 4 heteroatoms. The number of rotatable bonds is 4. The van der Waals surface area contributed by atoms with Crippen molar-refractivity contribution in [3.8, 4) is 0 Å². The highest BCUT2D eigenvalue weighted by Gasteiger charge is 2.25. The molecule has 1 unspecified atom stereocenters. The van der Waals surface area contributed by atoms with Crippen molar-refractivity contribution < 1.29 is 4.48 Å². The molecule has 1 aliphatic heterocycles. The number of hydrogen-bond acceptors (Lipinski definition) is 3. The Balaban J connectivity index is 1.85. The third kappa shape index (κ3) is 3.46. The Hall–Kier alpha value is -1.91. The van der Waals surface area contributed by atoms with Crippen LogP contribution in [0.5, 0.6) is 0 Å². The van der Waals surface area contributed by atoms with E-state index in [0.717, 1.165) is 35.9 Å². The fourth-order valence-electron chi connectivity index (χ4n) is 3.07. The number of nitrogens with two attached hydrogens (primary N) is 1. The fourth-order valence-corrected chi connectivity index (χ4v) is 3.07. The van der Waals surface area contributed by atoms with Crippen LogP contribution in [0.3, 0.4) is 0 Å². The van der Waals surface area contributed by atoms with Gasteiger partial charge in [-0.05, 0) is 23.6 Å². The van der Waals surface area contributed by atoms with Crippen LogP contribution in [-0.4, -0.2) is 36.2 Å². The summed E-state index contributed by atoms with van der Waals surface area (Å²) in [5.74, 6) is 0. The van der Waals surface area contributed by atoms with Gasteiger partial charge < -0.3 is 5.73 Å². The van der Waals surface area contributed by atoms with Gasteiger partial charge in [0.05, 0.1) is 0 Å². The minimum atomic E-state index is 0.236. The van der Waals surface area contributed by atoms with E-state index in [2.05, 4.69) is 35.2 Å². The molecule has 0 aliphatic carbocycles. The molecule has 2 aromatic rings. The molecule has 2 N–H and O–H groups in total. The first kappa shape index (κ1) is 15.0. The van der Waals surface area contributed by atoms with Gasteiger partial charge in [-0.3, -0.25) is 4.90 Å². The Bertz CT molecular complexity index is 594. The molecule has 0 radical (unpaired) electrons. The largest absolute Gasteiger partial charge is 0.399 e. The molecule has 3 nitrogen and oxygen atoms in total. The van der Waals surface area contributed by atoms with Crippen LogP contribution in [-0.2, 0) is 6.42 Å². The molecular weight excluding hydrogens is 277 g/mol. The van der Waals surface area contributed by atoms with E-state index in [4.69, 9.17) is 5.73 Å². The van der Waals surface area contributed by atoms with Gasteiger partial charge in [-0.2, -0.15) is 0 Å². The number of nitrogens with zero attached hydrogens (tertiary/aromatic N) is 2. The molecule has 2 aromatic carbocycles. The van der Waals surface area contributed by atoms with Gasteiger partial charge in [0.2, 0.25) is 0 Å². The summed E-state index contributed by atoms with van der Waals surface area (Å²) in [6.45, 7) is 2.41. The SMILES string of the molecule is Nc1ccccc1CC(c1ccccc1)N1CCN(F)CC1. The maximum Gasteiger partial charge on any atom is 0.0418 e. The number of piperazine rings is 1. The van der Waals surface area contributed by atoms with E-state index in [1.807, 2.05) is 24.3 Å². The van der Waals surface area contributed by atoms with E-state index in [9.17, 15) is 4.48 Å². The smallest absolute Gasteiger partial charge is 0.0418 e. The third-order valence-corrected chi connectivity index (χ3v) is 4.35. The van der Waals surface area contributed by atoms with Gasteiger partial charge in [0.15, 0.2) is 0 Å². The molecule has 1 aliphatic rings. The molecule has 22 heavy (non-hydrogen) atoms. The second-order valence-corrected chi connectivity index (χ2v) is 5.78. The number of para-hydroxylation sites is 1. The van der Waals surface area contributed by atoms with Crippen molar-refractivity contribution in [1.82, 2.24) is 10.0 Å². The van der Waals surface area contributed by atoms with Gasteiger partial charge in [0.25, 0.3) is 0 Å². The van der Waals surface area contributed by atoms with Crippen LogP contribution in [0.4, 0.5) is 10.2 Å². The first-order chi connectivity index (χ1) is 10.7. The lowest BCUT2D eigenvalue weighted by Gasteiger charge is -2.37. The van der Waals surface area contributed by atoms with E-state index in [1.54, 1.807) is 0 Å². The second kappa shape index (κ2) is 6.90. The summed E-state index contributed by atoms with van der Waals surface area (Å²) in [5.41, 5.74) is 9.35. The summed E-state index contributed by atoms with van der Waals surface area (Å²) in [5, 5.41) is 0.898. The molecule has 0 spiro atoms. The lowest BCUT2D eigenvalue weighted by atomic mass is 9.96. The highest BCUT2D eigenvalue weighted by Crippen LogP contribution is 2.28. The molecule has 1 fully saturated rings. The van der Waals surface area contributed by atoms with E-state index < -0.39 is 0 Å². The lowest BCUT2D eigenvalue weighted by Crippen LogP contribution is -2.45. The highest BCUT2D eigenvalue weighted by molar-refractivity contribution is 5.47. The van der Waals surface area contributed by atoms with Crippen LogP contribution in [0.1, 0.15) is 17.2 Å². The maximum atomic E-state index is 13.3. The Kier molecular flexibility index (Phi) is 4.71. The molecule has 0 saturated carbocycles. The Labute approximate surface area is 131 Å². The predicted octanol–water partition coefficient (Wildman–Crippen LogP) is 3.05. The molecule has 1 atom stereocenters. The zero-order valence-corrected chi connectivity index (χ0v) is 12.7. The molecule has 116 valence electrons. The van der Waals surface area contributed by atoms with E-state index in [-0.39, 0.29) is 6.04 Å². The average Bonchev–Trinajstić information content (AvgIpc) is 2.56. The second-order valence-electron chi connectivity index (χ2n) is 5.78. The minimum absolute atomic E-state index is 0.236. The zero-order chi connectivity index (χ0) is 15.4. The van der Waals surface area contributed by atoms with Crippen LogP contribution in [0.2, 0.25) is 0 Å². The van der Waals surface area contributed by atoms with Gasteiger partial charge in [-0.1, -0.05) is 48.5 Å². The predicted molar refractivity (Wildman–Crippen MR) is 88.0 cm³/mol. The van der Waals surface area contributed by atoms with Crippen molar-refractivity contribution in [1.29, 1.82) is 0 Å². The van der Waals surface area contributed by atoms with Crippen molar-refractivity contribution in [3.05, 3.63) is 65.7 Å². The van der Waals surface area contributed by atoms with Gasteiger partial charge >= 0.3 is 0 Å². The summed E-state index contributed by atoms with van der Waals surface area (Å²) < 4.78 is 13.3. The molecular formula is C18H22FN3. The van der Waals surface area contributed by atoms with Gasteiger partial charge in [-0.25, -0.2) is 0 Å². The van der Waals surface area contributed by atoms with Gasteiger partial charge in [0, 0.05) is 37.9 Å². The molecule has 0 bridgehead atoms. The zero-order valence-electron chi connectivity index (χ0n) is 12.7. The van der Waals surface area contributed by atoms with Crippen molar-refractivity contribution in [2.24, 2.45) is 0 Å². The number of anilines is 1. The Morgan fingerprint density at radius 2 is 1.55 bits per heavy atom. The molecule has 1 saturated heterocycles. The van der Waals surface area contributed by atoms with Crippen molar-refractivity contribution in [3.63, 3.8) is 0 Å². The molecule has 1 heterocycles. The van der Waals surface area contributed by atoms with Crippen molar-refractivity contribution in [2.45, 2.75) is 12.5 Å². The summed E-state index contributed by atoms with van der Waals surface area (Å²) in [4.78, 5) is 2.36. The number of nitrogen functional groups attached to an aromatic ring is 1. The van der Waals surface area contributed by atoms with Gasteiger partial charge in [0.1, 0.15) is 0 Å². The lowest BCUT2D eigenvalue weighted by molar-refractivity contribution is -0.0325. The monoisotopic (exact) mass is 299 g/mol. The van der Waals surface area contributed by atoms with Crippen LogP contribution >= 0.6 is 0 Å². The van der Waals surface area contributed by atoms with E-state index >= 15 is 0 Å². The van der Waals surface area contributed by atoms with Crippen LogP contribution < -0.4 is 5.73 Å². The summed E-state index contributed by atoms with van der Waals surface area (Å²) in [6, 6.07) is 18.7. The van der Waals surface area contributed by atoms with E-state index in [1.165, 1.54) is 5.56 Å². The Morgan fingerprint density at radius 3 is 2.23 bits per heavy atom. The van der Waals surface area contributed by atoms with Crippen LogP contribution in [0.15, 0.2) is 54.6 Å². The first-order valence-electron chi connectivity index (χ1n) is 7.77. The van der Waals surface area contributed by atoms with Crippen molar-refractivity contribution >= 4 is 5.69 Å². The summed E-state index contributed by atoms with van der Waals surface area (Å²) in [7, 11) is 0. The fraction of sp³-hybridized carbons (Fsp3) is 0.333. The number of benzene rings is 2. The maximum absolute atomic E-state index is 13.3. The average molecular weight is 299 g/mol. The molecule has 3 rings (SSSR count). The number of halogens is 1. The Morgan fingerprint density at radius 1 is 0.909 bits per heavy atom. The number of hydrogen-bond donors (Lipinski definition) is 1. The summed E-state index contributed by atoms with van der Waals surface area (Å²) in [6.07, 6.45) is 0.850. The van der Waals surface area contributed by atoms with Crippen LogP contribution in [0, 0.1) is 0 Å². The standard InChI is InChI=1S/C18H22FN3/c19-22-12-10-21(11-13-22)18(15-6-2-1-3-7-15)14-16-8-4-5-9-17(16)20/h1-9,18H,10-14,20H2. The van der Waals surface area contributed by atoms with E-state index in [0.29, 0.717) is 13.1 Å². The summed E-state index contributed by atoms with van der Waals surface area (Å²) >= 11 is 0. The van der Waals surface area contributed by atoms with Crippen molar-refractivity contribution in [2.75, 3.05) is 31.9 Å². The van der Waals surface area contributed by atoms with Crippen LogP contribution in [0.25, 0.3) is 0 Å². The first-order valence-corrected chi connectivity index (χ1v) is 7.77. The third-order valence-electron chi connectivity index (χ3n) is 4.35. The quantitative estimate of drug-likeness (QED) is 0.695. The van der Waals surface area contributed by atoms with Gasteiger partial charge in [-0.15, -0.1) is 9.60 Å². The minimum Gasteiger partial charge on any atom is -0.399 e. The molecule has 0 amide bonds. The topological polar surface area (TPSA) is 32.5 Å². The normalized spacial score (nSPS) is 18.2. The molecule has 0 aromatic heterocycles. The highest BCUT2D eigenvalue weighted by atomic mass is 19.2.